The number of ether oxygens (including phenoxy) is 1. The summed E-state index contributed by atoms with van der Waals surface area (Å²) >= 11 is 12.6. The number of aromatic nitrogens is 1. The van der Waals surface area contributed by atoms with Crippen molar-refractivity contribution in [2.75, 3.05) is 46.8 Å². The van der Waals surface area contributed by atoms with Crippen molar-refractivity contribution in [1.82, 2.24) is 25.0 Å². The number of likely N-dealkylation sites (tertiary alicyclic amines) is 2. The normalized spacial score (nSPS) is 19.5. The molecular weight excluding hydrogens is 577 g/mol. The Balaban J connectivity index is 1.45. The molecule has 1 aromatic carbocycles. The highest BCUT2D eigenvalue weighted by molar-refractivity contribution is 6.35. The van der Waals surface area contributed by atoms with Gasteiger partial charge in [0, 0.05) is 61.3 Å². The summed E-state index contributed by atoms with van der Waals surface area (Å²) in [6.45, 7) is 4.81. The molecule has 0 spiro atoms. The molecule has 230 valence electrons. The van der Waals surface area contributed by atoms with Crippen LogP contribution < -0.4 is 10.1 Å². The molecule has 9 nitrogen and oxygen atoms in total. The predicted octanol–water partition coefficient (Wildman–Crippen LogP) is 4.59. The lowest BCUT2D eigenvalue weighted by Crippen LogP contribution is -2.56. The van der Waals surface area contributed by atoms with Crippen LogP contribution in [0, 0.1) is 0 Å². The molecule has 0 aliphatic carbocycles. The Hall–Kier alpha value is -2.59. The third-order valence-electron chi connectivity index (χ3n) is 8.03. The van der Waals surface area contributed by atoms with Gasteiger partial charge >= 0.3 is 6.03 Å². The van der Waals surface area contributed by atoms with Gasteiger partial charge < -0.3 is 29.9 Å². The number of hydrogen-bond donors (Lipinski definition) is 2. The largest absolute Gasteiger partial charge is 0.487 e. The van der Waals surface area contributed by atoms with E-state index in [0.29, 0.717) is 36.1 Å². The van der Waals surface area contributed by atoms with Crippen LogP contribution in [0.4, 0.5) is 4.79 Å². The lowest BCUT2D eigenvalue weighted by Gasteiger charge is -2.36. The quantitative estimate of drug-likeness (QED) is 0.404. The number of amides is 3. The maximum Gasteiger partial charge on any atom is 0.318 e. The molecule has 2 fully saturated rings. The van der Waals surface area contributed by atoms with Gasteiger partial charge in [-0.2, -0.15) is 0 Å². The van der Waals surface area contributed by atoms with Crippen molar-refractivity contribution in [3.8, 4) is 5.75 Å². The van der Waals surface area contributed by atoms with E-state index in [0.717, 1.165) is 49.2 Å². The number of pyridine rings is 1. The number of nitrogens with one attached hydrogen (secondary N) is 1. The summed E-state index contributed by atoms with van der Waals surface area (Å²) in [5.41, 5.74) is 1.66. The molecule has 3 atom stereocenters. The Bertz CT molecular complexity index is 1210. The minimum atomic E-state index is -0.808. The lowest BCUT2D eigenvalue weighted by atomic mass is 9.91. The molecule has 11 heteroatoms. The molecule has 2 saturated heterocycles. The topological polar surface area (TPSA) is 98.2 Å². The average molecular weight is 621 g/mol. The predicted molar refractivity (Wildman–Crippen MR) is 165 cm³/mol. The standard InChI is InChI=1S/C31H43Cl2N5O4/c1-4-25(20-36(2)3)42-28-8-5-13-34-29(28)21-11-15-37(16-12-21)30(40)27(17-22-9-10-23(32)18-26(22)33)35-31(41)38-14-6-7-24(39)19-38/h5,8-10,13,18,21,24-25,27,39H,4,6-7,11-12,14-17,19-20H2,1-3H3,(H,35,41)/t24-,25-,27+/m0/s1. The minimum absolute atomic E-state index is 0.0645. The molecule has 42 heavy (non-hydrogen) atoms. The maximum atomic E-state index is 13.9. The highest BCUT2D eigenvalue weighted by atomic mass is 35.5. The van der Waals surface area contributed by atoms with Crippen LogP contribution in [0.2, 0.25) is 10.0 Å². The van der Waals surface area contributed by atoms with Crippen molar-refractivity contribution in [3.63, 3.8) is 0 Å². The molecule has 3 amide bonds. The number of halogens is 2. The van der Waals surface area contributed by atoms with Gasteiger partial charge in [0.15, 0.2) is 0 Å². The van der Waals surface area contributed by atoms with Gasteiger partial charge in [-0.05, 0) is 76.0 Å². The second-order valence-electron chi connectivity index (χ2n) is 11.6. The van der Waals surface area contributed by atoms with E-state index in [1.165, 1.54) is 0 Å². The summed E-state index contributed by atoms with van der Waals surface area (Å²) in [5.74, 6) is 0.817. The van der Waals surface area contributed by atoms with Gasteiger partial charge in [0.2, 0.25) is 5.91 Å². The first kappa shape index (κ1) is 32.3. The number of aliphatic hydroxyl groups is 1. The van der Waals surface area contributed by atoms with Crippen LogP contribution in [-0.4, -0.2) is 102 Å². The first-order chi connectivity index (χ1) is 20.1. The lowest BCUT2D eigenvalue weighted by molar-refractivity contribution is -0.134. The second kappa shape index (κ2) is 15.2. The molecule has 2 aromatic rings. The van der Waals surface area contributed by atoms with Crippen LogP contribution in [-0.2, 0) is 11.2 Å². The smallest absolute Gasteiger partial charge is 0.318 e. The molecule has 4 rings (SSSR count). The summed E-state index contributed by atoms with van der Waals surface area (Å²) in [6, 6.07) is 7.88. The molecule has 2 N–H and O–H groups in total. The summed E-state index contributed by atoms with van der Waals surface area (Å²) in [4.78, 5) is 37.3. The molecule has 1 aromatic heterocycles. The van der Waals surface area contributed by atoms with Crippen LogP contribution in [0.25, 0.3) is 0 Å². The summed E-state index contributed by atoms with van der Waals surface area (Å²) in [7, 11) is 4.07. The van der Waals surface area contributed by atoms with E-state index in [-0.39, 0.29) is 36.9 Å². The van der Waals surface area contributed by atoms with Gasteiger partial charge in [-0.25, -0.2) is 4.79 Å². The van der Waals surface area contributed by atoms with E-state index in [4.69, 9.17) is 32.9 Å². The van der Waals surface area contributed by atoms with Crippen molar-refractivity contribution in [2.24, 2.45) is 0 Å². The Kier molecular flexibility index (Phi) is 11.7. The number of benzene rings is 1. The van der Waals surface area contributed by atoms with E-state index < -0.39 is 12.1 Å². The van der Waals surface area contributed by atoms with E-state index in [1.54, 1.807) is 29.3 Å². The van der Waals surface area contributed by atoms with Crippen molar-refractivity contribution in [1.29, 1.82) is 0 Å². The number of β-amino-alcohol motifs (C(OH)–C–C–N with tert-alkyl or cyclic N) is 1. The monoisotopic (exact) mass is 619 g/mol. The van der Waals surface area contributed by atoms with Gasteiger partial charge in [0.1, 0.15) is 17.9 Å². The molecule has 2 aliphatic rings. The number of carbonyl (C=O) groups is 2. The molecule has 0 unspecified atom stereocenters. The van der Waals surface area contributed by atoms with Gasteiger partial charge in [0.25, 0.3) is 0 Å². The molecule has 0 radical (unpaired) electrons. The highest BCUT2D eigenvalue weighted by Gasteiger charge is 2.33. The Morgan fingerprint density at radius 3 is 2.57 bits per heavy atom. The fraction of sp³-hybridized carbons (Fsp3) is 0.581. The van der Waals surface area contributed by atoms with Crippen LogP contribution >= 0.6 is 23.2 Å². The molecule has 3 heterocycles. The number of nitrogens with zero attached hydrogens (tertiary/aromatic N) is 4. The number of aliphatic hydroxyl groups excluding tert-OH is 1. The Morgan fingerprint density at radius 1 is 1.14 bits per heavy atom. The fourth-order valence-corrected chi connectivity index (χ4v) is 6.21. The van der Waals surface area contributed by atoms with Gasteiger partial charge in [-0.15, -0.1) is 0 Å². The van der Waals surface area contributed by atoms with Gasteiger partial charge in [-0.1, -0.05) is 36.2 Å². The number of carbonyl (C=O) groups excluding carboxylic acids is 2. The van der Waals surface area contributed by atoms with Crippen LogP contribution in [0.15, 0.2) is 36.5 Å². The Morgan fingerprint density at radius 2 is 1.90 bits per heavy atom. The van der Waals surface area contributed by atoms with Crippen LogP contribution in [0.3, 0.4) is 0 Å². The summed E-state index contributed by atoms with van der Waals surface area (Å²) in [5, 5.41) is 14.0. The zero-order valence-electron chi connectivity index (χ0n) is 24.8. The van der Waals surface area contributed by atoms with E-state index in [9.17, 15) is 14.7 Å². The van der Waals surface area contributed by atoms with E-state index >= 15 is 0 Å². The van der Waals surface area contributed by atoms with Gasteiger partial charge in [0.05, 0.1) is 11.8 Å². The zero-order chi connectivity index (χ0) is 30.2. The van der Waals surface area contributed by atoms with Crippen molar-refractivity contribution in [2.45, 2.75) is 69.6 Å². The number of urea groups is 1. The second-order valence-corrected chi connectivity index (χ2v) is 12.4. The minimum Gasteiger partial charge on any atom is -0.487 e. The molecule has 0 saturated carbocycles. The number of rotatable bonds is 10. The van der Waals surface area contributed by atoms with Crippen LogP contribution in [0.1, 0.15) is 56.2 Å². The third-order valence-corrected chi connectivity index (χ3v) is 8.62. The highest BCUT2D eigenvalue weighted by Crippen LogP contribution is 2.34. The van der Waals surface area contributed by atoms with Gasteiger partial charge in [-0.3, -0.25) is 9.78 Å². The number of piperidine rings is 2. The summed E-state index contributed by atoms with van der Waals surface area (Å²) in [6.07, 6.45) is 5.30. The number of likely N-dealkylation sites (N-methyl/N-ethyl adjacent to an activating group) is 1. The zero-order valence-corrected chi connectivity index (χ0v) is 26.3. The first-order valence-electron chi connectivity index (χ1n) is 14.9. The molecule has 2 aliphatic heterocycles. The van der Waals surface area contributed by atoms with E-state index in [1.807, 2.05) is 31.1 Å². The molecular formula is C31H43Cl2N5O4. The SMILES string of the molecule is CC[C@@H](CN(C)C)Oc1cccnc1C1CCN(C(=O)[C@@H](Cc2ccc(Cl)cc2Cl)NC(=O)N2CCC[C@H](O)C2)CC1. The van der Waals surface area contributed by atoms with E-state index in [2.05, 4.69) is 17.1 Å². The van der Waals surface area contributed by atoms with Crippen molar-refractivity contribution >= 4 is 35.1 Å². The number of hydrogen-bond acceptors (Lipinski definition) is 6. The van der Waals surface area contributed by atoms with Crippen LogP contribution in [0.5, 0.6) is 5.75 Å². The first-order valence-corrected chi connectivity index (χ1v) is 15.6. The van der Waals surface area contributed by atoms with Crippen molar-refractivity contribution in [3.05, 3.63) is 57.8 Å². The van der Waals surface area contributed by atoms with Crippen molar-refractivity contribution < 1.29 is 19.4 Å². The molecule has 0 bridgehead atoms. The third kappa shape index (κ3) is 8.72. The average Bonchev–Trinajstić information content (AvgIpc) is 2.97. The Labute approximate surface area is 259 Å². The maximum absolute atomic E-state index is 13.9. The summed E-state index contributed by atoms with van der Waals surface area (Å²) < 4.78 is 6.39. The fourth-order valence-electron chi connectivity index (χ4n) is 5.73.